The minimum Gasteiger partial charge on any atom is -0.478 e. The van der Waals surface area contributed by atoms with Gasteiger partial charge in [0.15, 0.2) is 0 Å². The lowest BCUT2D eigenvalue weighted by Gasteiger charge is -2.09. The summed E-state index contributed by atoms with van der Waals surface area (Å²) in [6.45, 7) is 0.437. The fourth-order valence-electron chi connectivity index (χ4n) is 1.62. The quantitative estimate of drug-likeness (QED) is 0.341. The van der Waals surface area contributed by atoms with Crippen molar-refractivity contribution in [1.29, 1.82) is 0 Å². The molecule has 0 saturated heterocycles. The number of para-hydroxylation sites is 1. The number of nitrogens with one attached hydrogen (secondary N) is 1. The molecule has 0 aromatic heterocycles. The van der Waals surface area contributed by atoms with Crippen molar-refractivity contribution in [2.24, 2.45) is 0 Å². The van der Waals surface area contributed by atoms with E-state index in [-0.39, 0.29) is 16.9 Å². The number of nitrogens with zero attached hydrogens (tertiary/aromatic N) is 1. The predicted octanol–water partition coefficient (Wildman–Crippen LogP) is 2.51. The normalized spacial score (nSPS) is 9.63. The fraction of sp³-hybridized carbons (Fsp3) is 0.308. The third-order valence-corrected chi connectivity index (χ3v) is 2.52. The van der Waals surface area contributed by atoms with Crippen LogP contribution in [0.15, 0.2) is 18.2 Å². The largest absolute Gasteiger partial charge is 0.478 e. The van der Waals surface area contributed by atoms with Crippen LogP contribution < -0.4 is 5.32 Å². The maximum absolute atomic E-state index is 11.0. The van der Waals surface area contributed by atoms with Crippen molar-refractivity contribution in [3.8, 4) is 12.3 Å². The summed E-state index contributed by atoms with van der Waals surface area (Å²) in [5, 5.41) is 22.7. The van der Waals surface area contributed by atoms with E-state index in [9.17, 15) is 14.9 Å². The van der Waals surface area contributed by atoms with Gasteiger partial charge >= 0.3 is 5.97 Å². The molecule has 6 heteroatoms. The van der Waals surface area contributed by atoms with Crippen molar-refractivity contribution in [3.05, 3.63) is 33.9 Å². The molecular weight excluding hydrogens is 248 g/mol. The Bertz CT molecular complexity index is 488. The summed E-state index contributed by atoms with van der Waals surface area (Å²) in [6, 6.07) is 3.96. The Kier molecular flexibility index (Phi) is 5.35. The summed E-state index contributed by atoms with van der Waals surface area (Å²) in [5.41, 5.74) is -0.302. The topological polar surface area (TPSA) is 92.5 Å². The molecular formula is C13H14N2O4. The molecule has 0 bridgehead atoms. The van der Waals surface area contributed by atoms with Gasteiger partial charge < -0.3 is 10.4 Å². The molecule has 1 rings (SSSR count). The van der Waals surface area contributed by atoms with Crippen molar-refractivity contribution < 1.29 is 14.8 Å². The average molecular weight is 262 g/mol. The zero-order valence-corrected chi connectivity index (χ0v) is 10.3. The summed E-state index contributed by atoms with van der Waals surface area (Å²) < 4.78 is 0. The van der Waals surface area contributed by atoms with Crippen LogP contribution in [0.5, 0.6) is 0 Å². The molecule has 0 aliphatic rings. The Morgan fingerprint density at radius 1 is 1.47 bits per heavy atom. The highest BCUT2D eigenvalue weighted by Crippen LogP contribution is 2.28. The molecule has 0 radical (unpaired) electrons. The summed E-state index contributed by atoms with van der Waals surface area (Å²) >= 11 is 0. The Morgan fingerprint density at radius 3 is 2.79 bits per heavy atom. The van der Waals surface area contributed by atoms with E-state index < -0.39 is 10.9 Å². The van der Waals surface area contributed by atoms with E-state index in [1.807, 2.05) is 0 Å². The van der Waals surface area contributed by atoms with Gasteiger partial charge in [-0.15, -0.1) is 12.3 Å². The highest BCUT2D eigenvalue weighted by atomic mass is 16.6. The monoisotopic (exact) mass is 262 g/mol. The Hall–Kier alpha value is -2.55. The van der Waals surface area contributed by atoms with Gasteiger partial charge in [0, 0.05) is 19.0 Å². The Balaban J connectivity index is 2.86. The van der Waals surface area contributed by atoms with E-state index in [1.54, 1.807) is 0 Å². The lowest BCUT2D eigenvalue weighted by atomic mass is 10.1. The van der Waals surface area contributed by atoms with E-state index in [0.29, 0.717) is 13.0 Å². The number of carboxylic acids is 1. The lowest BCUT2D eigenvalue weighted by Crippen LogP contribution is -2.10. The number of nitro groups is 1. The number of carbonyl (C=O) groups is 1. The molecule has 1 aromatic carbocycles. The molecule has 100 valence electrons. The minimum atomic E-state index is -1.20. The Morgan fingerprint density at radius 2 is 2.21 bits per heavy atom. The number of hydrogen-bond donors (Lipinski definition) is 2. The van der Waals surface area contributed by atoms with Crippen molar-refractivity contribution in [1.82, 2.24) is 0 Å². The second-order valence-corrected chi connectivity index (χ2v) is 3.85. The molecule has 0 atom stereocenters. The van der Waals surface area contributed by atoms with Gasteiger partial charge in [-0.25, -0.2) is 4.79 Å². The van der Waals surface area contributed by atoms with Crippen LogP contribution in [0.4, 0.5) is 11.4 Å². The van der Waals surface area contributed by atoms with Crippen molar-refractivity contribution in [2.75, 3.05) is 11.9 Å². The smallest absolute Gasteiger partial charge is 0.338 e. The molecule has 0 saturated carbocycles. The first-order valence-electron chi connectivity index (χ1n) is 5.76. The molecule has 2 N–H and O–H groups in total. The maximum atomic E-state index is 11.0. The van der Waals surface area contributed by atoms with Gasteiger partial charge in [-0.1, -0.05) is 6.07 Å². The molecule has 0 aliphatic heterocycles. The predicted molar refractivity (Wildman–Crippen MR) is 71.2 cm³/mol. The number of benzene rings is 1. The molecule has 0 spiro atoms. The van der Waals surface area contributed by atoms with Crippen LogP contribution in [0, 0.1) is 22.5 Å². The molecule has 0 heterocycles. The highest BCUT2D eigenvalue weighted by Gasteiger charge is 2.20. The van der Waals surface area contributed by atoms with E-state index in [0.717, 1.165) is 12.8 Å². The number of terminal acetylenes is 1. The van der Waals surface area contributed by atoms with Crippen molar-refractivity contribution in [3.63, 3.8) is 0 Å². The minimum absolute atomic E-state index is 0.0423. The van der Waals surface area contributed by atoms with Gasteiger partial charge in [-0.05, 0) is 18.9 Å². The van der Waals surface area contributed by atoms with E-state index >= 15 is 0 Å². The zero-order chi connectivity index (χ0) is 14.3. The first-order valence-corrected chi connectivity index (χ1v) is 5.76. The molecule has 0 aliphatic carbocycles. The SMILES string of the molecule is C#CCCCCNc1c(C(=O)O)cccc1[N+](=O)[O-]. The van der Waals surface area contributed by atoms with Gasteiger partial charge in [-0.2, -0.15) is 0 Å². The summed E-state index contributed by atoms with van der Waals surface area (Å²) in [7, 11) is 0. The summed E-state index contributed by atoms with van der Waals surface area (Å²) in [5.74, 6) is 1.30. The lowest BCUT2D eigenvalue weighted by molar-refractivity contribution is -0.384. The molecule has 1 aromatic rings. The average Bonchev–Trinajstić information content (AvgIpc) is 2.38. The van der Waals surface area contributed by atoms with Gasteiger partial charge in [0.1, 0.15) is 5.69 Å². The third kappa shape index (κ3) is 4.00. The first kappa shape index (κ1) is 14.5. The van der Waals surface area contributed by atoms with Crippen molar-refractivity contribution >= 4 is 17.3 Å². The fourth-order valence-corrected chi connectivity index (χ4v) is 1.62. The standard InChI is InChI=1S/C13H14N2O4/c1-2-3-4-5-9-14-12-10(13(16)17)7-6-8-11(12)15(18)19/h1,6-8,14H,3-5,9H2,(H,16,17). The number of hydrogen-bond acceptors (Lipinski definition) is 4. The number of aromatic carboxylic acids is 1. The van der Waals surface area contributed by atoms with E-state index in [4.69, 9.17) is 11.5 Å². The van der Waals surface area contributed by atoms with Crippen LogP contribution in [0.25, 0.3) is 0 Å². The van der Waals surface area contributed by atoms with E-state index in [2.05, 4.69) is 11.2 Å². The van der Waals surface area contributed by atoms with Crippen molar-refractivity contribution in [2.45, 2.75) is 19.3 Å². The number of carboxylic acid groups (broad SMARTS) is 1. The second-order valence-electron chi connectivity index (χ2n) is 3.85. The Labute approximate surface area is 110 Å². The van der Waals surface area contributed by atoms with Gasteiger partial charge in [-0.3, -0.25) is 10.1 Å². The summed E-state index contributed by atoms with van der Waals surface area (Å²) in [6.07, 6.45) is 7.24. The van der Waals surface area contributed by atoms with Gasteiger partial charge in [0.2, 0.25) is 0 Å². The molecule has 6 nitrogen and oxygen atoms in total. The first-order chi connectivity index (χ1) is 9.07. The van der Waals surface area contributed by atoms with Crippen LogP contribution in [-0.4, -0.2) is 22.5 Å². The molecule has 0 unspecified atom stereocenters. The second kappa shape index (κ2) is 7.01. The molecule has 19 heavy (non-hydrogen) atoms. The van der Waals surface area contributed by atoms with Crippen LogP contribution in [0.2, 0.25) is 0 Å². The van der Waals surface area contributed by atoms with Crippen LogP contribution in [-0.2, 0) is 0 Å². The maximum Gasteiger partial charge on any atom is 0.338 e. The third-order valence-electron chi connectivity index (χ3n) is 2.52. The number of nitro benzene ring substituents is 1. The van der Waals surface area contributed by atoms with Crippen LogP contribution >= 0.6 is 0 Å². The zero-order valence-electron chi connectivity index (χ0n) is 10.3. The highest BCUT2D eigenvalue weighted by molar-refractivity contribution is 5.96. The van der Waals surface area contributed by atoms with Crippen LogP contribution in [0.3, 0.4) is 0 Å². The van der Waals surface area contributed by atoms with Gasteiger partial charge in [0.05, 0.1) is 10.5 Å². The number of unbranched alkanes of at least 4 members (excludes halogenated alkanes) is 2. The van der Waals surface area contributed by atoms with E-state index in [1.165, 1.54) is 18.2 Å². The molecule has 0 amide bonds. The number of rotatable bonds is 7. The van der Waals surface area contributed by atoms with Gasteiger partial charge in [0.25, 0.3) is 5.69 Å². The molecule has 0 fully saturated rings. The summed E-state index contributed by atoms with van der Waals surface area (Å²) in [4.78, 5) is 21.3. The van der Waals surface area contributed by atoms with Crippen LogP contribution in [0.1, 0.15) is 29.6 Å². The number of anilines is 1.